The van der Waals surface area contributed by atoms with Crippen LogP contribution in [0.1, 0.15) is 10.6 Å². The van der Waals surface area contributed by atoms with Gasteiger partial charge in [0.25, 0.3) is 0 Å². The second-order valence-corrected chi connectivity index (χ2v) is 6.09. The minimum Gasteiger partial charge on any atom is -0.356 e. The highest BCUT2D eigenvalue weighted by Gasteiger charge is 2.12. The van der Waals surface area contributed by atoms with Gasteiger partial charge in [0, 0.05) is 55.8 Å². The van der Waals surface area contributed by atoms with E-state index in [1.807, 2.05) is 17.3 Å². The number of rotatable bonds is 5. The van der Waals surface area contributed by atoms with Crippen LogP contribution in [0.3, 0.4) is 0 Å². The SMILES string of the molecule is CN=C(NCCc1nccs1)N(C)Cc1c(F)cccc1Cl.I. The van der Waals surface area contributed by atoms with E-state index in [1.165, 1.54) is 6.07 Å². The Kier molecular flexibility index (Phi) is 8.78. The minimum atomic E-state index is -0.308. The third-order valence-corrected chi connectivity index (χ3v) is 4.33. The number of nitrogens with zero attached hydrogens (tertiary/aromatic N) is 3. The van der Waals surface area contributed by atoms with Crippen molar-refractivity contribution in [2.45, 2.75) is 13.0 Å². The number of guanidine groups is 1. The first-order valence-corrected chi connectivity index (χ1v) is 8.10. The maximum absolute atomic E-state index is 13.8. The van der Waals surface area contributed by atoms with Gasteiger partial charge in [-0.05, 0) is 12.1 Å². The third kappa shape index (κ3) is 5.89. The summed E-state index contributed by atoms with van der Waals surface area (Å²) in [6.45, 7) is 1.07. The van der Waals surface area contributed by atoms with Gasteiger partial charge in [0.1, 0.15) is 5.82 Å². The van der Waals surface area contributed by atoms with Crippen molar-refractivity contribution in [1.82, 2.24) is 15.2 Å². The maximum Gasteiger partial charge on any atom is 0.193 e. The molecule has 0 radical (unpaired) electrons. The van der Waals surface area contributed by atoms with Crippen LogP contribution in [0.25, 0.3) is 0 Å². The van der Waals surface area contributed by atoms with Crippen molar-refractivity contribution in [2.75, 3.05) is 20.6 Å². The van der Waals surface area contributed by atoms with Crippen LogP contribution in [0.5, 0.6) is 0 Å². The molecule has 2 aromatic rings. The van der Waals surface area contributed by atoms with Gasteiger partial charge in [-0.15, -0.1) is 35.3 Å². The lowest BCUT2D eigenvalue weighted by molar-refractivity contribution is 0.461. The molecule has 0 bridgehead atoms. The summed E-state index contributed by atoms with van der Waals surface area (Å²) in [6, 6.07) is 4.70. The van der Waals surface area contributed by atoms with E-state index in [9.17, 15) is 4.39 Å². The molecule has 0 unspecified atom stereocenters. The Morgan fingerprint density at radius 2 is 2.26 bits per heavy atom. The number of hydrogen-bond donors (Lipinski definition) is 1. The van der Waals surface area contributed by atoms with E-state index >= 15 is 0 Å². The van der Waals surface area contributed by atoms with Crippen LogP contribution in [0.4, 0.5) is 4.39 Å². The standard InChI is InChI=1S/C15H18ClFN4S.HI/c1-18-15(20-7-6-14-19-8-9-22-14)21(2)10-11-12(16)4-3-5-13(11)17;/h3-5,8-9H,6-7,10H2,1-2H3,(H,18,20);1H. The van der Waals surface area contributed by atoms with Gasteiger partial charge in [0.15, 0.2) is 5.96 Å². The van der Waals surface area contributed by atoms with E-state index in [0.29, 0.717) is 23.1 Å². The fourth-order valence-electron chi connectivity index (χ4n) is 2.04. The quantitative estimate of drug-likeness (QED) is 0.412. The van der Waals surface area contributed by atoms with Crippen molar-refractivity contribution in [3.63, 3.8) is 0 Å². The van der Waals surface area contributed by atoms with Gasteiger partial charge in [0.2, 0.25) is 0 Å². The number of thiazole rings is 1. The average molecular weight is 469 g/mol. The molecule has 8 heteroatoms. The van der Waals surface area contributed by atoms with Crippen LogP contribution in [0, 0.1) is 5.82 Å². The number of halogens is 3. The molecular formula is C15H19ClFIN4S. The zero-order valence-electron chi connectivity index (χ0n) is 12.9. The molecule has 0 saturated heterocycles. The summed E-state index contributed by atoms with van der Waals surface area (Å²) in [5, 5.41) is 6.69. The van der Waals surface area contributed by atoms with Gasteiger partial charge in [0.05, 0.1) is 5.01 Å². The highest BCUT2D eigenvalue weighted by atomic mass is 127. The predicted octanol–water partition coefficient (Wildman–Crippen LogP) is 3.80. The van der Waals surface area contributed by atoms with E-state index in [2.05, 4.69) is 15.3 Å². The van der Waals surface area contributed by atoms with Gasteiger partial charge in [-0.1, -0.05) is 17.7 Å². The molecule has 1 heterocycles. The summed E-state index contributed by atoms with van der Waals surface area (Å²) in [6.07, 6.45) is 2.62. The largest absolute Gasteiger partial charge is 0.356 e. The summed E-state index contributed by atoms with van der Waals surface area (Å²) >= 11 is 7.69. The molecule has 0 aliphatic carbocycles. The first kappa shape index (κ1) is 20.1. The Labute approximate surface area is 161 Å². The second kappa shape index (κ2) is 10.0. The highest BCUT2D eigenvalue weighted by molar-refractivity contribution is 14.0. The third-order valence-electron chi connectivity index (χ3n) is 3.14. The normalized spacial score (nSPS) is 11.0. The molecule has 0 aliphatic heterocycles. The monoisotopic (exact) mass is 468 g/mol. The summed E-state index contributed by atoms with van der Waals surface area (Å²) in [5.74, 6) is 0.383. The number of aliphatic imine (C=N–C) groups is 1. The Morgan fingerprint density at radius 1 is 1.48 bits per heavy atom. The van der Waals surface area contributed by atoms with Crippen LogP contribution in [-0.4, -0.2) is 36.5 Å². The molecule has 1 aromatic heterocycles. The van der Waals surface area contributed by atoms with Crippen molar-refractivity contribution < 1.29 is 4.39 Å². The number of aromatic nitrogens is 1. The Hall–Kier alpha value is -0.930. The molecule has 0 fully saturated rings. The Morgan fingerprint density at radius 3 is 2.87 bits per heavy atom. The molecule has 0 spiro atoms. The fraction of sp³-hybridized carbons (Fsp3) is 0.333. The van der Waals surface area contributed by atoms with E-state index in [-0.39, 0.29) is 29.8 Å². The minimum absolute atomic E-state index is 0. The number of nitrogens with one attached hydrogen (secondary N) is 1. The van der Waals surface area contributed by atoms with Crippen LogP contribution in [0.15, 0.2) is 34.8 Å². The van der Waals surface area contributed by atoms with Gasteiger partial charge < -0.3 is 10.2 Å². The number of benzene rings is 1. The van der Waals surface area contributed by atoms with Gasteiger partial charge in [-0.25, -0.2) is 9.37 Å². The van der Waals surface area contributed by atoms with Crippen LogP contribution in [0.2, 0.25) is 5.02 Å². The van der Waals surface area contributed by atoms with Crippen molar-refractivity contribution in [3.8, 4) is 0 Å². The molecule has 0 aliphatic rings. The molecule has 0 saturated carbocycles. The van der Waals surface area contributed by atoms with Crippen LogP contribution in [-0.2, 0) is 13.0 Å². The smallest absolute Gasteiger partial charge is 0.193 e. The summed E-state index contributed by atoms with van der Waals surface area (Å²) < 4.78 is 13.8. The Balaban J connectivity index is 0.00000264. The zero-order valence-corrected chi connectivity index (χ0v) is 16.8. The molecule has 1 aromatic carbocycles. The lowest BCUT2D eigenvalue weighted by Gasteiger charge is -2.22. The maximum atomic E-state index is 13.8. The van der Waals surface area contributed by atoms with Crippen molar-refractivity contribution >= 4 is 52.9 Å². The second-order valence-electron chi connectivity index (χ2n) is 4.71. The van der Waals surface area contributed by atoms with E-state index < -0.39 is 0 Å². The molecule has 126 valence electrons. The average Bonchev–Trinajstić information content (AvgIpc) is 3.00. The predicted molar refractivity (Wildman–Crippen MR) is 105 cm³/mol. The zero-order chi connectivity index (χ0) is 15.9. The van der Waals surface area contributed by atoms with E-state index in [1.54, 1.807) is 36.7 Å². The van der Waals surface area contributed by atoms with Crippen molar-refractivity contribution in [2.24, 2.45) is 4.99 Å². The van der Waals surface area contributed by atoms with Gasteiger partial charge >= 0.3 is 0 Å². The van der Waals surface area contributed by atoms with E-state index in [0.717, 1.165) is 18.0 Å². The van der Waals surface area contributed by atoms with Gasteiger partial charge in [-0.2, -0.15) is 0 Å². The molecular weight excluding hydrogens is 450 g/mol. The van der Waals surface area contributed by atoms with Gasteiger partial charge in [-0.3, -0.25) is 4.99 Å². The summed E-state index contributed by atoms with van der Waals surface area (Å²) in [7, 11) is 3.55. The molecule has 2 rings (SSSR count). The van der Waals surface area contributed by atoms with Crippen molar-refractivity contribution in [1.29, 1.82) is 0 Å². The van der Waals surface area contributed by atoms with E-state index in [4.69, 9.17) is 11.6 Å². The summed E-state index contributed by atoms with van der Waals surface area (Å²) in [5.41, 5.74) is 0.467. The first-order chi connectivity index (χ1) is 10.6. The molecule has 0 amide bonds. The Bertz CT molecular complexity index is 616. The lowest BCUT2D eigenvalue weighted by Crippen LogP contribution is -2.39. The van der Waals surface area contributed by atoms with Crippen LogP contribution >= 0.6 is 46.9 Å². The first-order valence-electron chi connectivity index (χ1n) is 6.85. The topological polar surface area (TPSA) is 40.5 Å². The number of hydrogen-bond acceptors (Lipinski definition) is 3. The summed E-state index contributed by atoms with van der Waals surface area (Å²) in [4.78, 5) is 10.3. The molecule has 1 N–H and O–H groups in total. The molecule has 0 atom stereocenters. The van der Waals surface area contributed by atoms with Crippen LogP contribution < -0.4 is 5.32 Å². The van der Waals surface area contributed by atoms with Crippen molar-refractivity contribution in [3.05, 3.63) is 51.2 Å². The highest BCUT2D eigenvalue weighted by Crippen LogP contribution is 2.20. The fourth-order valence-corrected chi connectivity index (χ4v) is 2.88. The molecule has 4 nitrogen and oxygen atoms in total. The lowest BCUT2D eigenvalue weighted by atomic mass is 10.2. The molecule has 23 heavy (non-hydrogen) atoms.